The Balaban J connectivity index is 1.65. The van der Waals surface area contributed by atoms with Crippen molar-refractivity contribution in [3.8, 4) is 0 Å². The van der Waals surface area contributed by atoms with Crippen molar-refractivity contribution in [1.29, 1.82) is 0 Å². The number of nitrogens with one attached hydrogen (secondary N) is 2. The summed E-state index contributed by atoms with van der Waals surface area (Å²) in [6, 6.07) is 13.9. The van der Waals surface area contributed by atoms with Gasteiger partial charge < -0.3 is 19.2 Å². The molecule has 0 saturated carbocycles. The number of para-hydroxylation sites is 1. The smallest absolute Gasteiger partial charge is 0.375 e. The third-order valence-electron chi connectivity index (χ3n) is 4.26. The zero-order valence-electron chi connectivity index (χ0n) is 17.2. The molecule has 32 heavy (non-hydrogen) atoms. The largest absolute Gasteiger partial charge is 0.450 e. The number of amides is 3. The maximum atomic E-state index is 12.7. The summed E-state index contributed by atoms with van der Waals surface area (Å²) < 4.78 is 15.6. The third kappa shape index (κ3) is 6.49. The van der Waals surface area contributed by atoms with Gasteiger partial charge in [-0.25, -0.2) is 9.59 Å². The van der Waals surface area contributed by atoms with Gasteiger partial charge in [-0.05, 0) is 30.3 Å². The van der Waals surface area contributed by atoms with Crippen LogP contribution in [0.4, 0.5) is 4.79 Å². The molecule has 10 heteroatoms. The first kappa shape index (κ1) is 23.6. The lowest BCUT2D eigenvalue weighted by atomic mass is 10.1. The lowest BCUT2D eigenvalue weighted by Crippen LogP contribution is -2.42. The molecule has 0 spiro atoms. The van der Waals surface area contributed by atoms with Gasteiger partial charge in [-0.1, -0.05) is 29.8 Å². The molecule has 0 aliphatic carbocycles. The van der Waals surface area contributed by atoms with Crippen molar-refractivity contribution in [2.75, 3.05) is 26.9 Å². The van der Waals surface area contributed by atoms with E-state index in [0.717, 1.165) is 10.3 Å². The first-order chi connectivity index (χ1) is 15.5. The number of halogens is 1. The van der Waals surface area contributed by atoms with Crippen LogP contribution >= 0.6 is 23.4 Å². The SMILES string of the molecule is COCCNC(=O)NC(=O)COC(=O)c1oc2ccccc2c1CSc1ccc(Cl)cc1. The summed E-state index contributed by atoms with van der Waals surface area (Å²) in [6.45, 7) is -0.0835. The Bertz CT molecular complexity index is 1100. The Morgan fingerprint density at radius 1 is 1.09 bits per heavy atom. The van der Waals surface area contributed by atoms with Crippen LogP contribution in [-0.2, 0) is 20.0 Å². The number of rotatable bonds is 9. The topological polar surface area (TPSA) is 107 Å². The highest BCUT2D eigenvalue weighted by atomic mass is 35.5. The number of hydrogen-bond acceptors (Lipinski definition) is 7. The fourth-order valence-corrected chi connectivity index (χ4v) is 3.82. The molecule has 1 heterocycles. The normalized spacial score (nSPS) is 10.7. The van der Waals surface area contributed by atoms with Gasteiger partial charge in [0.2, 0.25) is 5.76 Å². The molecule has 8 nitrogen and oxygen atoms in total. The quantitative estimate of drug-likeness (QED) is 0.273. The van der Waals surface area contributed by atoms with Gasteiger partial charge in [0.15, 0.2) is 6.61 Å². The predicted molar refractivity (Wildman–Crippen MR) is 121 cm³/mol. The van der Waals surface area contributed by atoms with E-state index in [1.54, 1.807) is 24.3 Å². The van der Waals surface area contributed by atoms with E-state index in [4.69, 9.17) is 25.5 Å². The van der Waals surface area contributed by atoms with Crippen LogP contribution in [-0.4, -0.2) is 44.8 Å². The van der Waals surface area contributed by atoms with Crippen molar-refractivity contribution >= 4 is 52.2 Å². The van der Waals surface area contributed by atoms with Gasteiger partial charge in [-0.2, -0.15) is 0 Å². The molecule has 3 amide bonds. The lowest BCUT2D eigenvalue weighted by molar-refractivity contribution is -0.123. The molecule has 1 aromatic heterocycles. The minimum absolute atomic E-state index is 0.0185. The molecule has 0 radical (unpaired) electrons. The minimum Gasteiger partial charge on any atom is -0.450 e. The molecule has 0 aliphatic heterocycles. The van der Waals surface area contributed by atoms with Gasteiger partial charge in [0.25, 0.3) is 5.91 Å². The predicted octanol–water partition coefficient (Wildman–Crippen LogP) is 4.01. The van der Waals surface area contributed by atoms with Crippen LogP contribution in [0.5, 0.6) is 0 Å². The number of benzene rings is 2. The van der Waals surface area contributed by atoms with Crippen molar-refractivity contribution in [2.45, 2.75) is 10.6 Å². The summed E-state index contributed by atoms with van der Waals surface area (Å²) in [6.07, 6.45) is 0. The summed E-state index contributed by atoms with van der Waals surface area (Å²) in [7, 11) is 1.49. The highest BCUT2D eigenvalue weighted by molar-refractivity contribution is 7.98. The Morgan fingerprint density at radius 3 is 2.59 bits per heavy atom. The summed E-state index contributed by atoms with van der Waals surface area (Å²) in [5.41, 5.74) is 1.19. The van der Waals surface area contributed by atoms with Gasteiger partial charge in [0.05, 0.1) is 6.61 Å². The Kier molecular flexibility index (Phi) is 8.55. The van der Waals surface area contributed by atoms with Crippen LogP contribution in [0.3, 0.4) is 0 Å². The fraction of sp³-hybridized carbons (Fsp3) is 0.227. The average molecular weight is 477 g/mol. The van der Waals surface area contributed by atoms with Crippen molar-refractivity contribution in [3.63, 3.8) is 0 Å². The van der Waals surface area contributed by atoms with Crippen molar-refractivity contribution in [2.24, 2.45) is 0 Å². The molecule has 0 aliphatic rings. The molecule has 2 aromatic carbocycles. The number of methoxy groups -OCH3 is 1. The summed E-state index contributed by atoms with van der Waals surface area (Å²) >= 11 is 7.44. The molecule has 2 N–H and O–H groups in total. The second-order valence-corrected chi connectivity index (χ2v) is 8.01. The number of carbonyl (C=O) groups is 3. The first-order valence-electron chi connectivity index (χ1n) is 9.60. The van der Waals surface area contributed by atoms with Crippen LogP contribution in [0, 0.1) is 0 Å². The zero-order valence-corrected chi connectivity index (χ0v) is 18.8. The summed E-state index contributed by atoms with van der Waals surface area (Å²) in [5.74, 6) is -1.09. The monoisotopic (exact) mass is 476 g/mol. The van der Waals surface area contributed by atoms with Gasteiger partial charge in [0.1, 0.15) is 5.58 Å². The maximum Gasteiger partial charge on any atom is 0.375 e. The van der Waals surface area contributed by atoms with Crippen molar-refractivity contribution < 1.29 is 28.3 Å². The van der Waals surface area contributed by atoms with Crippen LogP contribution in [0.25, 0.3) is 11.0 Å². The standard InChI is InChI=1S/C22H21ClN2O6S/c1-29-11-10-24-22(28)25-19(26)12-30-21(27)20-17(16-4-2-3-5-18(16)31-20)13-32-15-8-6-14(23)7-9-15/h2-9H,10-13H2,1H3,(H2,24,25,26,28). The van der Waals surface area contributed by atoms with Crippen molar-refractivity contribution in [3.05, 3.63) is 64.9 Å². The highest BCUT2D eigenvalue weighted by Crippen LogP contribution is 2.32. The van der Waals surface area contributed by atoms with Crippen molar-refractivity contribution in [1.82, 2.24) is 10.6 Å². The average Bonchev–Trinajstić information content (AvgIpc) is 3.16. The number of hydrogen-bond donors (Lipinski definition) is 2. The van der Waals surface area contributed by atoms with E-state index < -0.39 is 24.5 Å². The van der Waals surface area contributed by atoms with Gasteiger partial charge >= 0.3 is 12.0 Å². The molecule has 0 fully saturated rings. The molecule has 0 unspecified atom stereocenters. The van der Waals surface area contributed by atoms with E-state index >= 15 is 0 Å². The second kappa shape index (κ2) is 11.6. The highest BCUT2D eigenvalue weighted by Gasteiger charge is 2.23. The molecule has 3 aromatic rings. The maximum absolute atomic E-state index is 12.7. The minimum atomic E-state index is -0.789. The Labute approximate surface area is 193 Å². The molecule has 168 valence electrons. The number of ether oxygens (including phenoxy) is 2. The van der Waals surface area contributed by atoms with Gasteiger partial charge in [-0.15, -0.1) is 11.8 Å². The van der Waals surface area contributed by atoms with E-state index in [1.807, 2.05) is 24.3 Å². The number of esters is 1. The van der Waals surface area contributed by atoms with Crippen LogP contribution in [0.15, 0.2) is 57.8 Å². The van der Waals surface area contributed by atoms with E-state index in [0.29, 0.717) is 28.5 Å². The fourth-order valence-electron chi connectivity index (χ4n) is 2.76. The van der Waals surface area contributed by atoms with E-state index in [-0.39, 0.29) is 12.3 Å². The Morgan fingerprint density at radius 2 is 1.84 bits per heavy atom. The zero-order chi connectivity index (χ0) is 22.9. The first-order valence-corrected chi connectivity index (χ1v) is 11.0. The van der Waals surface area contributed by atoms with E-state index in [9.17, 15) is 14.4 Å². The number of imide groups is 1. The van der Waals surface area contributed by atoms with Crippen LogP contribution in [0.2, 0.25) is 5.02 Å². The number of furan rings is 1. The molecular weight excluding hydrogens is 456 g/mol. The number of fused-ring (bicyclic) bond motifs is 1. The number of urea groups is 1. The summed E-state index contributed by atoms with van der Waals surface area (Å²) in [5, 5.41) is 5.92. The molecule has 0 saturated heterocycles. The number of carbonyl (C=O) groups excluding carboxylic acids is 3. The molecule has 0 atom stereocenters. The third-order valence-corrected chi connectivity index (χ3v) is 5.55. The van der Waals surface area contributed by atoms with Gasteiger partial charge in [0, 0.05) is 40.3 Å². The molecule has 3 rings (SSSR count). The Hall–Kier alpha value is -3.01. The molecule has 0 bridgehead atoms. The van der Waals surface area contributed by atoms with Crippen LogP contribution < -0.4 is 10.6 Å². The summed E-state index contributed by atoms with van der Waals surface area (Å²) in [4.78, 5) is 37.1. The second-order valence-electron chi connectivity index (χ2n) is 6.52. The van der Waals surface area contributed by atoms with Gasteiger partial charge in [-0.3, -0.25) is 10.1 Å². The van der Waals surface area contributed by atoms with E-state index in [2.05, 4.69) is 10.6 Å². The molecular formula is C22H21ClN2O6S. The lowest BCUT2D eigenvalue weighted by Gasteiger charge is -2.07. The van der Waals surface area contributed by atoms with E-state index in [1.165, 1.54) is 18.9 Å². The number of thioether (sulfide) groups is 1. The van der Waals surface area contributed by atoms with Crippen LogP contribution in [0.1, 0.15) is 16.1 Å².